The van der Waals surface area contributed by atoms with Gasteiger partial charge in [-0.3, -0.25) is 24.1 Å². The molecule has 0 aromatic heterocycles. The summed E-state index contributed by atoms with van der Waals surface area (Å²) in [6, 6.07) is 21.0. The summed E-state index contributed by atoms with van der Waals surface area (Å²) in [4.78, 5) is 60.4. The molecule has 3 fully saturated rings. The van der Waals surface area contributed by atoms with Gasteiger partial charge in [-0.2, -0.15) is 0 Å². The van der Waals surface area contributed by atoms with Gasteiger partial charge in [-0.1, -0.05) is 75.6 Å². The van der Waals surface area contributed by atoms with Gasteiger partial charge < -0.3 is 5.11 Å². The predicted molar refractivity (Wildman–Crippen MR) is 173 cm³/mol. The number of imide groups is 2. The molecule has 2 aliphatic carbocycles. The molecule has 230 valence electrons. The molecule has 4 amide bonds. The Labute approximate surface area is 275 Å². The molecular weight excluding hydrogens is 656 g/mol. The van der Waals surface area contributed by atoms with Crippen LogP contribution in [0.1, 0.15) is 50.7 Å². The third kappa shape index (κ3) is 4.21. The van der Waals surface area contributed by atoms with Gasteiger partial charge >= 0.3 is 0 Å². The first kappa shape index (κ1) is 29.9. The molecule has 7 rings (SSSR count). The van der Waals surface area contributed by atoms with Crippen LogP contribution in [0, 0.1) is 23.7 Å². The molecular formula is C36H32BrClN2O5. The van der Waals surface area contributed by atoms with Crippen molar-refractivity contribution >= 4 is 56.8 Å². The van der Waals surface area contributed by atoms with E-state index in [4.69, 9.17) is 11.6 Å². The van der Waals surface area contributed by atoms with Crippen molar-refractivity contribution < 1.29 is 24.3 Å². The Morgan fingerprint density at radius 2 is 1.62 bits per heavy atom. The number of phenols is 1. The molecule has 1 saturated carbocycles. The quantitative estimate of drug-likeness (QED) is 0.242. The first-order valence-electron chi connectivity index (χ1n) is 15.1. The van der Waals surface area contributed by atoms with Gasteiger partial charge in [0.25, 0.3) is 0 Å². The number of rotatable bonds is 3. The fourth-order valence-corrected chi connectivity index (χ4v) is 9.07. The van der Waals surface area contributed by atoms with Gasteiger partial charge in [0.05, 0.1) is 28.9 Å². The van der Waals surface area contributed by atoms with Crippen molar-refractivity contribution in [3.05, 3.63) is 105 Å². The number of benzene rings is 3. The van der Waals surface area contributed by atoms with E-state index in [-0.39, 0.29) is 24.0 Å². The maximum Gasteiger partial charge on any atom is 0.246 e. The summed E-state index contributed by atoms with van der Waals surface area (Å²) in [6.07, 6.45) is 2.52. The average molecular weight is 688 g/mol. The van der Waals surface area contributed by atoms with Crippen LogP contribution in [0.3, 0.4) is 0 Å². The lowest BCUT2D eigenvalue weighted by Gasteiger charge is -2.50. The Hall–Kier alpha value is -3.75. The molecule has 1 N–H and O–H groups in total. The Balaban J connectivity index is 1.51. The Morgan fingerprint density at radius 3 is 2.31 bits per heavy atom. The highest BCUT2D eigenvalue weighted by atomic mass is 79.9. The molecule has 3 aromatic carbocycles. The third-order valence-electron chi connectivity index (χ3n) is 10.1. The van der Waals surface area contributed by atoms with Crippen molar-refractivity contribution in [2.75, 3.05) is 4.90 Å². The van der Waals surface area contributed by atoms with Gasteiger partial charge in [0.15, 0.2) is 0 Å². The van der Waals surface area contributed by atoms with Gasteiger partial charge in [0.2, 0.25) is 23.6 Å². The molecule has 9 heteroatoms. The van der Waals surface area contributed by atoms with E-state index in [2.05, 4.69) is 15.9 Å². The SMILES string of the molecule is CC(C)(C)N1C(=O)[C@H]2[C@H](CC=C3[C@H]2C[C@H]2C(=O)N(c4cccc(Cl)c4)C(=O)[C@@]2(c2ccccc2)[C@H]3c2cc(Br)ccc2O)C1=O. The summed E-state index contributed by atoms with van der Waals surface area (Å²) in [5.74, 6) is -4.69. The summed E-state index contributed by atoms with van der Waals surface area (Å²) < 4.78 is 0.695. The molecule has 4 aliphatic rings. The highest BCUT2D eigenvalue weighted by Crippen LogP contribution is 2.65. The second-order valence-electron chi connectivity index (χ2n) is 13.5. The number of carbonyl (C=O) groups is 4. The van der Waals surface area contributed by atoms with Crippen LogP contribution in [0.2, 0.25) is 5.02 Å². The van der Waals surface area contributed by atoms with Crippen LogP contribution in [-0.4, -0.2) is 39.2 Å². The average Bonchev–Trinajstić information content (AvgIpc) is 3.39. The third-order valence-corrected chi connectivity index (χ3v) is 10.9. The van der Waals surface area contributed by atoms with Crippen LogP contribution in [0.15, 0.2) is 88.9 Å². The fraction of sp³-hybridized carbons (Fsp3) is 0.333. The number of aromatic hydroxyl groups is 1. The molecule has 2 aliphatic heterocycles. The Bertz CT molecular complexity index is 1820. The minimum absolute atomic E-state index is 0.0208. The van der Waals surface area contributed by atoms with Gasteiger partial charge in [0, 0.05) is 26.5 Å². The number of phenolic OH excluding ortho intramolecular Hbond substituents is 1. The molecule has 3 aromatic rings. The van der Waals surface area contributed by atoms with Crippen molar-refractivity contribution in [3.63, 3.8) is 0 Å². The number of hydrogen-bond donors (Lipinski definition) is 1. The number of likely N-dealkylation sites (tertiary alicyclic amines) is 1. The first-order valence-corrected chi connectivity index (χ1v) is 16.3. The lowest BCUT2D eigenvalue weighted by atomic mass is 9.49. The highest BCUT2D eigenvalue weighted by molar-refractivity contribution is 9.10. The lowest BCUT2D eigenvalue weighted by molar-refractivity contribution is -0.145. The largest absolute Gasteiger partial charge is 0.508 e. The molecule has 45 heavy (non-hydrogen) atoms. The van der Waals surface area contributed by atoms with E-state index in [0.29, 0.717) is 32.7 Å². The molecule has 6 atom stereocenters. The second kappa shape index (κ2) is 10.4. The summed E-state index contributed by atoms with van der Waals surface area (Å²) in [7, 11) is 0. The zero-order chi connectivity index (χ0) is 32.0. The van der Waals surface area contributed by atoms with Gasteiger partial charge in [-0.25, -0.2) is 4.90 Å². The number of carbonyl (C=O) groups excluding carboxylic acids is 4. The van der Waals surface area contributed by atoms with Crippen molar-refractivity contribution in [3.8, 4) is 5.75 Å². The number of halogens is 2. The first-order chi connectivity index (χ1) is 21.4. The number of amides is 4. The maximum absolute atomic E-state index is 15.2. The molecule has 0 bridgehead atoms. The zero-order valence-corrected chi connectivity index (χ0v) is 27.4. The van der Waals surface area contributed by atoms with Gasteiger partial charge in [0.1, 0.15) is 5.75 Å². The smallest absolute Gasteiger partial charge is 0.246 e. The minimum atomic E-state index is -1.44. The van der Waals surface area contributed by atoms with Gasteiger partial charge in [-0.15, -0.1) is 0 Å². The standard InChI is InChI=1S/C36H32BrClN2O5/c1-35(2,3)40-31(42)24-14-13-23-25(29(24)33(40)44)18-27-32(43)39(22-11-7-10-21(38)17-22)34(45)36(27,19-8-5-4-6-9-19)30(23)26-16-20(37)12-15-28(26)41/h4-13,15-17,24-25,27,29-30,41H,14,18H2,1-3H3/t24-,25+,27-,29-,30+,36+/m0/s1. The Kier molecular flexibility index (Phi) is 6.91. The van der Waals surface area contributed by atoms with E-state index in [9.17, 15) is 19.5 Å². The monoisotopic (exact) mass is 686 g/mol. The van der Waals surface area contributed by atoms with E-state index in [1.54, 1.807) is 42.5 Å². The van der Waals surface area contributed by atoms with Crippen molar-refractivity contribution in [2.45, 2.75) is 50.5 Å². The fourth-order valence-electron chi connectivity index (χ4n) is 8.51. The molecule has 2 heterocycles. The topological polar surface area (TPSA) is 95.0 Å². The van der Waals surface area contributed by atoms with E-state index >= 15 is 4.79 Å². The van der Waals surface area contributed by atoms with Crippen LogP contribution in [0.25, 0.3) is 0 Å². The Morgan fingerprint density at radius 1 is 0.889 bits per heavy atom. The van der Waals surface area contributed by atoms with E-state index < -0.39 is 52.4 Å². The number of anilines is 1. The van der Waals surface area contributed by atoms with Crippen LogP contribution < -0.4 is 4.90 Å². The number of hydrogen-bond acceptors (Lipinski definition) is 5. The summed E-state index contributed by atoms with van der Waals surface area (Å²) in [5, 5.41) is 11.8. The highest BCUT2D eigenvalue weighted by Gasteiger charge is 2.70. The van der Waals surface area contributed by atoms with Crippen molar-refractivity contribution in [1.82, 2.24) is 4.90 Å². The van der Waals surface area contributed by atoms with Crippen LogP contribution in [0.4, 0.5) is 5.69 Å². The molecule has 0 spiro atoms. The van der Waals surface area contributed by atoms with Crippen molar-refractivity contribution in [2.24, 2.45) is 23.7 Å². The molecule has 0 radical (unpaired) electrons. The number of fused-ring (bicyclic) bond motifs is 4. The summed E-state index contributed by atoms with van der Waals surface area (Å²) >= 11 is 9.92. The predicted octanol–water partition coefficient (Wildman–Crippen LogP) is 6.77. The number of allylic oxidation sites excluding steroid dienone is 2. The normalized spacial score (nSPS) is 29.4. The van der Waals surface area contributed by atoms with E-state index in [1.807, 2.05) is 57.2 Å². The minimum Gasteiger partial charge on any atom is -0.508 e. The zero-order valence-electron chi connectivity index (χ0n) is 25.0. The van der Waals surface area contributed by atoms with Crippen molar-refractivity contribution in [1.29, 1.82) is 0 Å². The molecule has 2 saturated heterocycles. The maximum atomic E-state index is 15.2. The summed E-state index contributed by atoms with van der Waals surface area (Å²) in [6.45, 7) is 5.54. The van der Waals surface area contributed by atoms with E-state index in [1.165, 1.54) is 9.80 Å². The van der Waals surface area contributed by atoms with Crippen LogP contribution in [-0.2, 0) is 24.6 Å². The second-order valence-corrected chi connectivity index (χ2v) is 14.8. The molecule has 7 nitrogen and oxygen atoms in total. The van der Waals surface area contributed by atoms with Gasteiger partial charge in [-0.05, 0) is 81.5 Å². The number of nitrogens with zero attached hydrogens (tertiary/aromatic N) is 2. The lowest BCUT2D eigenvalue weighted by Crippen LogP contribution is -2.53. The molecule has 0 unspecified atom stereocenters. The van der Waals surface area contributed by atoms with E-state index in [0.717, 1.165) is 5.57 Å². The summed E-state index contributed by atoms with van der Waals surface area (Å²) in [5.41, 5.74) is 0.137. The van der Waals surface area contributed by atoms with Crippen LogP contribution in [0.5, 0.6) is 5.75 Å². The van der Waals surface area contributed by atoms with Crippen LogP contribution >= 0.6 is 27.5 Å².